The molecule has 32 heavy (non-hydrogen) atoms. The average Bonchev–Trinajstić information content (AvgIpc) is 2.82. The highest BCUT2D eigenvalue weighted by Crippen LogP contribution is 2.18. The summed E-state index contributed by atoms with van der Waals surface area (Å²) in [5.74, 6) is 1.02. The molecule has 0 radical (unpaired) electrons. The van der Waals surface area contributed by atoms with Crippen LogP contribution < -0.4 is 16.4 Å². The van der Waals surface area contributed by atoms with Gasteiger partial charge in [0, 0.05) is 25.2 Å². The number of aromatic nitrogens is 3. The Bertz CT molecular complexity index is 928. The number of halogens is 1. The fourth-order valence-corrected chi connectivity index (χ4v) is 2.87. The third kappa shape index (κ3) is 8.18. The van der Waals surface area contributed by atoms with Gasteiger partial charge in [0.25, 0.3) is 0 Å². The molecule has 8 nitrogen and oxygen atoms in total. The lowest BCUT2D eigenvalue weighted by Crippen LogP contribution is -2.17. The second-order valence-corrected chi connectivity index (χ2v) is 6.92. The minimum absolute atomic E-state index is 0.310. The van der Waals surface area contributed by atoms with Crippen LogP contribution in [0.1, 0.15) is 5.56 Å². The summed E-state index contributed by atoms with van der Waals surface area (Å²) in [6.07, 6.45) is 0.835. The Morgan fingerprint density at radius 2 is 1.41 bits per heavy atom. The van der Waals surface area contributed by atoms with Crippen molar-refractivity contribution in [2.24, 2.45) is 5.73 Å². The van der Waals surface area contributed by atoms with Gasteiger partial charge in [-0.3, -0.25) is 0 Å². The maximum Gasteiger partial charge on any atom is 0.228 e. The second-order valence-electron chi connectivity index (χ2n) is 6.92. The summed E-state index contributed by atoms with van der Waals surface area (Å²) in [6, 6.07) is 16.2. The van der Waals surface area contributed by atoms with E-state index in [4.69, 9.17) is 15.2 Å². The zero-order chi connectivity index (χ0) is 22.4. The van der Waals surface area contributed by atoms with E-state index in [0.29, 0.717) is 69.3 Å². The van der Waals surface area contributed by atoms with E-state index in [1.807, 2.05) is 18.2 Å². The van der Waals surface area contributed by atoms with E-state index in [-0.39, 0.29) is 5.82 Å². The highest BCUT2D eigenvalue weighted by molar-refractivity contribution is 5.57. The number of hydrogen-bond acceptors (Lipinski definition) is 8. The molecule has 0 amide bonds. The summed E-state index contributed by atoms with van der Waals surface area (Å²) in [4.78, 5) is 13.4. The Balaban J connectivity index is 1.59. The smallest absolute Gasteiger partial charge is 0.228 e. The summed E-state index contributed by atoms with van der Waals surface area (Å²) in [7, 11) is 0. The number of nitrogens with two attached hydrogens (primary N) is 1. The van der Waals surface area contributed by atoms with Crippen molar-refractivity contribution in [3.63, 3.8) is 0 Å². The molecule has 0 saturated carbocycles. The first kappa shape index (κ1) is 23.5. The van der Waals surface area contributed by atoms with Crippen LogP contribution in [0, 0.1) is 5.82 Å². The van der Waals surface area contributed by atoms with Crippen LogP contribution in [-0.2, 0) is 15.9 Å². The van der Waals surface area contributed by atoms with Crippen molar-refractivity contribution in [3.8, 4) is 11.4 Å². The third-order valence-electron chi connectivity index (χ3n) is 4.44. The van der Waals surface area contributed by atoms with Gasteiger partial charge in [-0.1, -0.05) is 30.3 Å². The van der Waals surface area contributed by atoms with Crippen LogP contribution in [0.3, 0.4) is 0 Å². The molecule has 1 aromatic heterocycles. The van der Waals surface area contributed by atoms with Crippen LogP contribution in [0.15, 0.2) is 54.6 Å². The Morgan fingerprint density at radius 3 is 2.09 bits per heavy atom. The van der Waals surface area contributed by atoms with E-state index in [0.717, 1.165) is 6.42 Å². The summed E-state index contributed by atoms with van der Waals surface area (Å²) in [5.41, 5.74) is 7.30. The largest absolute Gasteiger partial charge is 0.378 e. The fourth-order valence-electron chi connectivity index (χ4n) is 2.87. The lowest BCUT2D eigenvalue weighted by atomic mass is 10.1. The molecule has 9 heteroatoms. The molecule has 1 heterocycles. The minimum atomic E-state index is -0.310. The van der Waals surface area contributed by atoms with Crippen molar-refractivity contribution in [1.29, 1.82) is 0 Å². The average molecular weight is 441 g/mol. The molecular weight excluding hydrogens is 411 g/mol. The summed E-state index contributed by atoms with van der Waals surface area (Å²) < 4.78 is 24.1. The Morgan fingerprint density at radius 1 is 0.750 bits per heavy atom. The maximum absolute atomic E-state index is 13.3. The molecule has 0 unspecified atom stereocenters. The van der Waals surface area contributed by atoms with E-state index in [1.54, 1.807) is 12.1 Å². The van der Waals surface area contributed by atoms with E-state index in [9.17, 15) is 4.39 Å². The van der Waals surface area contributed by atoms with Crippen molar-refractivity contribution in [3.05, 3.63) is 66.0 Å². The molecule has 3 rings (SSSR count). The van der Waals surface area contributed by atoms with Gasteiger partial charge in [-0.25, -0.2) is 4.39 Å². The standard InChI is InChI=1S/C23H29FN6O2/c24-20-8-6-19(7-9-20)21-28-22(26-12-10-18-4-2-1-3-5-18)30-23(29-21)27-13-15-32-17-16-31-14-11-25/h1-9H,10-17,25H2,(H2,26,27,28,29,30). The first-order valence-electron chi connectivity index (χ1n) is 10.6. The first-order chi connectivity index (χ1) is 15.7. The predicted molar refractivity (Wildman–Crippen MR) is 123 cm³/mol. The molecule has 0 atom stereocenters. The van der Waals surface area contributed by atoms with Gasteiger partial charge in [0.05, 0.1) is 26.4 Å². The number of nitrogens with one attached hydrogen (secondary N) is 2. The zero-order valence-electron chi connectivity index (χ0n) is 18.0. The number of rotatable bonds is 14. The summed E-state index contributed by atoms with van der Waals surface area (Å²) in [5, 5.41) is 6.41. The van der Waals surface area contributed by atoms with Gasteiger partial charge in [-0.15, -0.1) is 0 Å². The Kier molecular flexibility index (Phi) is 9.78. The molecular formula is C23H29FN6O2. The van der Waals surface area contributed by atoms with E-state index < -0.39 is 0 Å². The van der Waals surface area contributed by atoms with Gasteiger partial charge in [0.1, 0.15) is 5.82 Å². The van der Waals surface area contributed by atoms with Gasteiger partial charge >= 0.3 is 0 Å². The topological polar surface area (TPSA) is 107 Å². The quantitative estimate of drug-likeness (QED) is 0.329. The molecule has 0 fully saturated rings. The molecule has 0 spiro atoms. The molecule has 170 valence electrons. The normalized spacial score (nSPS) is 10.8. The van der Waals surface area contributed by atoms with Crippen molar-refractivity contribution in [2.75, 3.05) is 56.7 Å². The monoisotopic (exact) mass is 440 g/mol. The van der Waals surface area contributed by atoms with Crippen LogP contribution in [0.2, 0.25) is 0 Å². The lowest BCUT2D eigenvalue weighted by Gasteiger charge is -2.11. The van der Waals surface area contributed by atoms with Crippen molar-refractivity contribution >= 4 is 11.9 Å². The molecule has 0 aliphatic carbocycles. The van der Waals surface area contributed by atoms with Crippen LogP contribution in [0.4, 0.5) is 16.3 Å². The number of ether oxygens (including phenoxy) is 2. The second kappa shape index (κ2) is 13.3. The van der Waals surface area contributed by atoms with Crippen LogP contribution in [-0.4, -0.2) is 61.0 Å². The fraction of sp³-hybridized carbons (Fsp3) is 0.348. The highest BCUT2D eigenvalue weighted by atomic mass is 19.1. The van der Waals surface area contributed by atoms with Gasteiger partial charge in [0.15, 0.2) is 5.82 Å². The predicted octanol–water partition coefficient (Wildman–Crippen LogP) is 2.74. The lowest BCUT2D eigenvalue weighted by molar-refractivity contribution is 0.0547. The SMILES string of the molecule is NCCOCCOCCNc1nc(NCCc2ccccc2)nc(-c2ccc(F)cc2)n1. The van der Waals surface area contributed by atoms with Crippen LogP contribution in [0.5, 0.6) is 0 Å². The van der Waals surface area contributed by atoms with Crippen LogP contribution in [0.25, 0.3) is 11.4 Å². The molecule has 3 aromatic rings. The van der Waals surface area contributed by atoms with Gasteiger partial charge in [0.2, 0.25) is 11.9 Å². The van der Waals surface area contributed by atoms with Crippen molar-refractivity contribution in [2.45, 2.75) is 6.42 Å². The third-order valence-corrected chi connectivity index (χ3v) is 4.44. The zero-order valence-corrected chi connectivity index (χ0v) is 18.0. The number of benzene rings is 2. The van der Waals surface area contributed by atoms with Crippen LogP contribution >= 0.6 is 0 Å². The summed E-state index contributed by atoms with van der Waals surface area (Å²) in [6.45, 7) is 3.69. The van der Waals surface area contributed by atoms with Gasteiger partial charge in [-0.2, -0.15) is 15.0 Å². The number of nitrogens with zero attached hydrogens (tertiary/aromatic N) is 3. The van der Waals surface area contributed by atoms with E-state index in [2.05, 4.69) is 37.7 Å². The first-order valence-corrected chi connectivity index (χ1v) is 10.6. The minimum Gasteiger partial charge on any atom is -0.378 e. The Labute approximate surface area is 187 Å². The molecule has 4 N–H and O–H groups in total. The number of hydrogen-bond donors (Lipinski definition) is 3. The van der Waals surface area contributed by atoms with Gasteiger partial charge < -0.3 is 25.8 Å². The highest BCUT2D eigenvalue weighted by Gasteiger charge is 2.09. The molecule has 0 aliphatic rings. The molecule has 2 aromatic carbocycles. The maximum atomic E-state index is 13.3. The number of anilines is 2. The Hall–Kier alpha value is -3.14. The molecule has 0 bridgehead atoms. The van der Waals surface area contributed by atoms with E-state index >= 15 is 0 Å². The molecule has 0 aliphatic heterocycles. The molecule has 0 saturated heterocycles. The van der Waals surface area contributed by atoms with Crippen molar-refractivity contribution in [1.82, 2.24) is 15.0 Å². The van der Waals surface area contributed by atoms with Gasteiger partial charge in [-0.05, 0) is 36.2 Å². The summed E-state index contributed by atoms with van der Waals surface area (Å²) >= 11 is 0. The van der Waals surface area contributed by atoms with Crippen molar-refractivity contribution < 1.29 is 13.9 Å². The van der Waals surface area contributed by atoms with E-state index in [1.165, 1.54) is 17.7 Å².